The number of nitro groups is 1. The van der Waals surface area contributed by atoms with Gasteiger partial charge in [-0.25, -0.2) is 15.1 Å². The second-order valence-electron chi connectivity index (χ2n) is 5.23. The van der Waals surface area contributed by atoms with Gasteiger partial charge >= 0.3 is 0 Å². The third-order valence-electron chi connectivity index (χ3n) is 3.43. The lowest BCUT2D eigenvalue weighted by Crippen LogP contribution is -2.56. The van der Waals surface area contributed by atoms with Gasteiger partial charge in [0.1, 0.15) is 5.10 Å². The van der Waals surface area contributed by atoms with E-state index in [1.165, 1.54) is 16.9 Å². The Morgan fingerprint density at radius 1 is 1.38 bits per heavy atom. The molecule has 0 spiro atoms. The van der Waals surface area contributed by atoms with E-state index in [1.807, 2.05) is 30.3 Å². The number of halogens is 1. The van der Waals surface area contributed by atoms with E-state index in [1.54, 1.807) is 11.1 Å². The molecule has 1 aliphatic rings. The molecule has 8 nitrogen and oxygen atoms in total. The summed E-state index contributed by atoms with van der Waals surface area (Å²) in [5.74, 6) is 0.244. The van der Waals surface area contributed by atoms with Crippen LogP contribution in [0.1, 0.15) is 10.4 Å². The van der Waals surface area contributed by atoms with Gasteiger partial charge in [0.05, 0.1) is 19.9 Å². The molecule has 1 N–H and O–H groups in total. The first-order valence-electron chi connectivity index (χ1n) is 7.18. The van der Waals surface area contributed by atoms with Crippen LogP contribution in [0.4, 0.5) is 0 Å². The fourth-order valence-corrected chi connectivity index (χ4v) is 3.44. The first kappa shape index (κ1) is 16.6. The van der Waals surface area contributed by atoms with Crippen molar-refractivity contribution in [3.05, 3.63) is 61.6 Å². The summed E-state index contributed by atoms with van der Waals surface area (Å²) in [6, 6.07) is 10.0. The highest BCUT2D eigenvalue weighted by Crippen LogP contribution is 2.20. The van der Waals surface area contributed by atoms with E-state index in [0.29, 0.717) is 24.3 Å². The summed E-state index contributed by atoms with van der Waals surface area (Å²) in [6.45, 7) is 2.19. The van der Waals surface area contributed by atoms with Gasteiger partial charge in [0.15, 0.2) is 9.50 Å². The van der Waals surface area contributed by atoms with Gasteiger partial charge in [0.2, 0.25) is 0 Å². The Balaban J connectivity index is 1.73. The van der Waals surface area contributed by atoms with Gasteiger partial charge < -0.3 is 10.2 Å². The van der Waals surface area contributed by atoms with Crippen molar-refractivity contribution in [2.24, 2.45) is 5.10 Å². The van der Waals surface area contributed by atoms with Crippen LogP contribution < -0.4 is 5.32 Å². The molecule has 0 unspecified atom stereocenters. The maximum absolute atomic E-state index is 10.7. The van der Waals surface area contributed by atoms with E-state index < -0.39 is 5.03 Å². The van der Waals surface area contributed by atoms with E-state index in [2.05, 4.69) is 20.3 Å². The van der Waals surface area contributed by atoms with Crippen LogP contribution in [0.3, 0.4) is 0 Å². The van der Waals surface area contributed by atoms with Crippen LogP contribution in [0.15, 0.2) is 41.6 Å². The van der Waals surface area contributed by atoms with E-state index in [0.717, 1.165) is 11.4 Å². The highest BCUT2D eigenvalue weighted by molar-refractivity contribution is 7.15. The van der Waals surface area contributed by atoms with E-state index in [-0.39, 0.29) is 5.96 Å². The summed E-state index contributed by atoms with van der Waals surface area (Å²) in [5.41, 5.74) is 1.18. The van der Waals surface area contributed by atoms with Crippen molar-refractivity contribution in [3.63, 3.8) is 0 Å². The molecule has 0 bridgehead atoms. The third kappa shape index (κ3) is 4.40. The molecule has 1 aromatic heterocycles. The quantitative estimate of drug-likeness (QED) is 0.644. The van der Waals surface area contributed by atoms with Gasteiger partial charge in [-0.2, -0.15) is 0 Å². The first-order valence-corrected chi connectivity index (χ1v) is 8.38. The number of hydrogen-bond donors (Lipinski definition) is 1. The molecule has 0 atom stereocenters. The fraction of sp³-hybridized carbons (Fsp3) is 0.286. The predicted octanol–water partition coefficient (Wildman–Crippen LogP) is 2.17. The van der Waals surface area contributed by atoms with Gasteiger partial charge in [-0.3, -0.25) is 4.90 Å². The lowest BCUT2D eigenvalue weighted by Gasteiger charge is -2.36. The Morgan fingerprint density at radius 2 is 2.17 bits per heavy atom. The second-order valence-corrected chi connectivity index (χ2v) is 6.93. The smallest absolute Gasteiger partial charge is 0.273 e. The molecule has 126 valence electrons. The van der Waals surface area contributed by atoms with Crippen LogP contribution in [-0.2, 0) is 13.1 Å². The van der Waals surface area contributed by atoms with E-state index in [9.17, 15) is 10.1 Å². The fourth-order valence-electron chi connectivity index (χ4n) is 2.45. The Labute approximate surface area is 147 Å². The number of guanidine groups is 1. The highest BCUT2D eigenvalue weighted by atomic mass is 35.5. The molecule has 2 aromatic rings. The zero-order valence-electron chi connectivity index (χ0n) is 12.6. The zero-order valence-corrected chi connectivity index (χ0v) is 14.2. The Bertz CT molecular complexity index is 738. The number of aromatic nitrogens is 1. The molecule has 1 saturated heterocycles. The highest BCUT2D eigenvalue weighted by Gasteiger charge is 2.25. The van der Waals surface area contributed by atoms with Crippen molar-refractivity contribution in [1.29, 1.82) is 0 Å². The van der Waals surface area contributed by atoms with Crippen LogP contribution in [0.25, 0.3) is 0 Å². The number of benzene rings is 1. The molecule has 2 heterocycles. The average Bonchev–Trinajstić information content (AvgIpc) is 2.95. The maximum Gasteiger partial charge on any atom is 0.273 e. The molecule has 1 aromatic carbocycles. The molecular formula is C14H15ClN6O2S. The molecular weight excluding hydrogens is 352 g/mol. The van der Waals surface area contributed by atoms with Crippen molar-refractivity contribution in [3.8, 4) is 0 Å². The molecule has 0 aliphatic carbocycles. The molecule has 1 aliphatic heterocycles. The number of hydrazone groups is 1. The summed E-state index contributed by atoms with van der Waals surface area (Å²) in [7, 11) is 0. The van der Waals surface area contributed by atoms with Crippen molar-refractivity contribution in [2.75, 3.05) is 13.3 Å². The zero-order chi connectivity index (χ0) is 16.9. The Hall–Kier alpha value is -2.23. The molecule has 24 heavy (non-hydrogen) atoms. The molecule has 0 radical (unpaired) electrons. The predicted molar refractivity (Wildman–Crippen MR) is 92.0 cm³/mol. The van der Waals surface area contributed by atoms with Crippen LogP contribution in [-0.4, -0.2) is 39.1 Å². The largest absolute Gasteiger partial charge is 0.338 e. The van der Waals surface area contributed by atoms with Crippen molar-refractivity contribution in [2.45, 2.75) is 13.1 Å². The Morgan fingerprint density at radius 3 is 2.83 bits per heavy atom. The minimum atomic E-state index is -0.693. The molecule has 10 heteroatoms. The van der Waals surface area contributed by atoms with Gasteiger partial charge in [0, 0.05) is 17.6 Å². The van der Waals surface area contributed by atoms with E-state index in [4.69, 9.17) is 11.6 Å². The number of nitrogens with zero attached hydrogens (tertiary/aromatic N) is 5. The normalized spacial score (nSPS) is 17.0. The maximum atomic E-state index is 10.7. The summed E-state index contributed by atoms with van der Waals surface area (Å²) in [4.78, 5) is 19.6. The van der Waals surface area contributed by atoms with Gasteiger partial charge in [-0.05, 0) is 5.56 Å². The SMILES string of the molecule is O=[N+]([O-])/N=C1\NCN(Cc2ccccc2)CN1Cc1cnc(Cl)s1. The minimum Gasteiger partial charge on any atom is -0.338 e. The van der Waals surface area contributed by atoms with Crippen molar-refractivity contribution in [1.82, 2.24) is 20.1 Å². The van der Waals surface area contributed by atoms with Gasteiger partial charge in [-0.15, -0.1) is 11.3 Å². The van der Waals surface area contributed by atoms with Crippen molar-refractivity contribution < 1.29 is 5.03 Å². The third-order valence-corrected chi connectivity index (χ3v) is 4.53. The number of thiazole rings is 1. The number of hydrogen-bond acceptors (Lipinski definition) is 5. The minimum absolute atomic E-state index is 0.244. The monoisotopic (exact) mass is 366 g/mol. The summed E-state index contributed by atoms with van der Waals surface area (Å²) in [5, 5.41) is 16.5. The van der Waals surface area contributed by atoms with E-state index >= 15 is 0 Å². The standard InChI is InChI=1S/C14H15ClN6O2S/c15-13-16-6-12(24-13)8-20-10-19(7-11-4-2-1-3-5-11)9-17-14(20)18-21(22)23/h1-6H,7-10H2,(H,17,18). The van der Waals surface area contributed by atoms with Gasteiger partial charge in [-0.1, -0.05) is 41.9 Å². The number of nitrogens with one attached hydrogen (secondary N) is 1. The van der Waals surface area contributed by atoms with Crippen LogP contribution in [0.2, 0.25) is 4.47 Å². The molecule has 0 saturated carbocycles. The average molecular weight is 367 g/mol. The van der Waals surface area contributed by atoms with Crippen LogP contribution >= 0.6 is 22.9 Å². The summed E-state index contributed by atoms with van der Waals surface area (Å²) >= 11 is 7.21. The topological polar surface area (TPSA) is 86.9 Å². The van der Waals surface area contributed by atoms with Crippen LogP contribution in [0, 0.1) is 10.1 Å². The Kier molecular flexibility index (Phi) is 5.24. The lowest BCUT2D eigenvalue weighted by molar-refractivity contribution is -0.486. The second kappa shape index (κ2) is 7.56. The lowest BCUT2D eigenvalue weighted by atomic mass is 10.2. The number of rotatable bonds is 5. The molecule has 0 amide bonds. The molecule has 3 rings (SSSR count). The van der Waals surface area contributed by atoms with Crippen molar-refractivity contribution >= 4 is 28.9 Å². The summed E-state index contributed by atoms with van der Waals surface area (Å²) < 4.78 is 0.448. The molecule has 1 fully saturated rings. The van der Waals surface area contributed by atoms with Crippen LogP contribution in [0.5, 0.6) is 0 Å². The van der Waals surface area contributed by atoms with Gasteiger partial charge in [0.25, 0.3) is 5.96 Å². The summed E-state index contributed by atoms with van der Waals surface area (Å²) in [6.07, 6.45) is 1.67. The first-order chi connectivity index (χ1) is 11.6.